The molecule has 2 aliphatic heterocycles. The molecule has 2 aliphatic rings. The number of fused-ring (bicyclic) bond motifs is 2. The third kappa shape index (κ3) is 2.33. The molecule has 2 amide bonds. The van der Waals surface area contributed by atoms with Gasteiger partial charge in [0.15, 0.2) is 0 Å². The molecule has 0 radical (unpaired) electrons. The van der Waals surface area contributed by atoms with Crippen molar-refractivity contribution >= 4 is 23.5 Å². The van der Waals surface area contributed by atoms with Gasteiger partial charge in [-0.15, -0.1) is 0 Å². The van der Waals surface area contributed by atoms with Gasteiger partial charge in [0, 0.05) is 12.1 Å². The maximum Gasteiger partial charge on any atom is 0.326 e. The number of para-hydroxylation sites is 1. The lowest BCUT2D eigenvalue weighted by atomic mass is 9.99. The van der Waals surface area contributed by atoms with E-state index in [0.29, 0.717) is 17.8 Å². The molecule has 1 saturated heterocycles. The minimum atomic E-state index is -1.28. The Labute approximate surface area is 146 Å². The minimum Gasteiger partial charge on any atom is -0.465 e. The monoisotopic (exact) mass is 345 g/mol. The van der Waals surface area contributed by atoms with E-state index in [4.69, 9.17) is 4.74 Å². The summed E-state index contributed by atoms with van der Waals surface area (Å²) in [5, 5.41) is 3.23. The van der Waals surface area contributed by atoms with E-state index in [1.807, 2.05) is 25.1 Å². The molecule has 7 nitrogen and oxygen atoms in total. The Morgan fingerprint density at radius 2 is 1.84 bits per heavy atom. The number of nitrogens with zero attached hydrogens (tertiary/aromatic N) is 2. The first-order valence-electron chi connectivity index (χ1n) is 8.48. The molecule has 2 heterocycles. The number of carbonyl (C=O) groups is 3. The van der Waals surface area contributed by atoms with Crippen LogP contribution in [0.3, 0.4) is 0 Å². The number of anilines is 1. The largest absolute Gasteiger partial charge is 0.465 e. The first-order chi connectivity index (χ1) is 11.8. The normalized spacial score (nSPS) is 24.2. The summed E-state index contributed by atoms with van der Waals surface area (Å²) in [7, 11) is 0. The first kappa shape index (κ1) is 17.4. The van der Waals surface area contributed by atoms with E-state index in [0.717, 1.165) is 0 Å². The Morgan fingerprint density at radius 1 is 1.16 bits per heavy atom. The van der Waals surface area contributed by atoms with Crippen LogP contribution in [-0.2, 0) is 24.8 Å². The highest BCUT2D eigenvalue weighted by Crippen LogP contribution is 2.47. The molecule has 1 unspecified atom stereocenters. The van der Waals surface area contributed by atoms with Crippen LogP contribution in [0.5, 0.6) is 0 Å². The summed E-state index contributed by atoms with van der Waals surface area (Å²) in [4.78, 5) is 41.1. The second kappa shape index (κ2) is 5.84. The van der Waals surface area contributed by atoms with Crippen molar-refractivity contribution in [1.29, 1.82) is 0 Å². The van der Waals surface area contributed by atoms with Crippen LogP contribution in [-0.4, -0.2) is 47.9 Å². The van der Waals surface area contributed by atoms with Gasteiger partial charge in [-0.1, -0.05) is 18.2 Å². The van der Waals surface area contributed by atoms with E-state index in [9.17, 15) is 14.4 Å². The molecular weight excluding hydrogens is 322 g/mol. The number of ether oxygens (including phenoxy) is 1. The van der Waals surface area contributed by atoms with E-state index < -0.39 is 17.2 Å². The molecule has 25 heavy (non-hydrogen) atoms. The van der Waals surface area contributed by atoms with Gasteiger partial charge < -0.3 is 9.64 Å². The van der Waals surface area contributed by atoms with Crippen molar-refractivity contribution < 1.29 is 19.1 Å². The Morgan fingerprint density at radius 3 is 2.48 bits per heavy atom. The van der Waals surface area contributed by atoms with E-state index in [2.05, 4.69) is 5.32 Å². The van der Waals surface area contributed by atoms with Crippen LogP contribution in [0.25, 0.3) is 0 Å². The lowest BCUT2D eigenvalue weighted by Gasteiger charge is -2.33. The smallest absolute Gasteiger partial charge is 0.326 e. The maximum absolute atomic E-state index is 13.4. The molecule has 3 rings (SSSR count). The van der Waals surface area contributed by atoms with Crippen molar-refractivity contribution in [2.24, 2.45) is 0 Å². The zero-order valence-electron chi connectivity index (χ0n) is 15.0. The zero-order valence-corrected chi connectivity index (χ0v) is 15.0. The van der Waals surface area contributed by atoms with Gasteiger partial charge in [0.25, 0.3) is 5.91 Å². The van der Waals surface area contributed by atoms with Gasteiger partial charge in [0.2, 0.25) is 11.6 Å². The number of esters is 1. The zero-order chi connectivity index (χ0) is 18.4. The van der Waals surface area contributed by atoms with E-state index >= 15 is 0 Å². The quantitative estimate of drug-likeness (QED) is 0.823. The molecule has 0 aliphatic carbocycles. The Kier molecular flexibility index (Phi) is 4.07. The first-order valence-corrected chi connectivity index (χ1v) is 8.48. The van der Waals surface area contributed by atoms with E-state index in [-0.39, 0.29) is 25.0 Å². The fourth-order valence-electron chi connectivity index (χ4n) is 3.75. The summed E-state index contributed by atoms with van der Waals surface area (Å²) in [6.07, 6.45) is 0. The number of amides is 2. The number of nitrogens with one attached hydrogen (secondary N) is 1. The fourth-order valence-corrected chi connectivity index (χ4v) is 3.75. The predicted octanol–water partition coefficient (Wildman–Crippen LogP) is 0.979. The fraction of sp³-hybridized carbons (Fsp3) is 0.500. The van der Waals surface area contributed by atoms with Gasteiger partial charge in [-0.05, 0) is 33.8 Å². The Balaban J connectivity index is 2.12. The van der Waals surface area contributed by atoms with Crippen molar-refractivity contribution in [2.75, 3.05) is 24.6 Å². The lowest BCUT2D eigenvalue weighted by molar-refractivity contribution is -0.144. The van der Waals surface area contributed by atoms with Crippen LogP contribution in [0.1, 0.15) is 33.3 Å². The number of hydrogen-bond acceptors (Lipinski definition) is 5. The number of benzene rings is 1. The van der Waals surface area contributed by atoms with Crippen molar-refractivity contribution in [3.63, 3.8) is 0 Å². The second-order valence-electron chi connectivity index (χ2n) is 6.72. The van der Waals surface area contributed by atoms with Crippen molar-refractivity contribution in [2.45, 2.75) is 38.9 Å². The van der Waals surface area contributed by atoms with E-state index in [1.165, 1.54) is 4.90 Å². The number of rotatable bonds is 4. The topological polar surface area (TPSA) is 79.0 Å². The van der Waals surface area contributed by atoms with Gasteiger partial charge in [-0.25, -0.2) is 0 Å². The highest BCUT2D eigenvalue weighted by Gasteiger charge is 2.64. The number of hydrogen-bond donors (Lipinski definition) is 1. The molecule has 0 aromatic heterocycles. The second-order valence-corrected chi connectivity index (χ2v) is 6.72. The van der Waals surface area contributed by atoms with Crippen LogP contribution in [0.4, 0.5) is 5.69 Å². The highest BCUT2D eigenvalue weighted by atomic mass is 16.5. The molecule has 1 spiro atoms. The van der Waals surface area contributed by atoms with Crippen LogP contribution in [0.15, 0.2) is 24.3 Å². The average Bonchev–Trinajstić information content (AvgIpc) is 2.92. The summed E-state index contributed by atoms with van der Waals surface area (Å²) in [6.45, 7) is 7.53. The van der Waals surface area contributed by atoms with Crippen LogP contribution in [0, 0.1) is 0 Å². The third-order valence-electron chi connectivity index (χ3n) is 4.73. The summed E-state index contributed by atoms with van der Waals surface area (Å²) in [5.41, 5.74) is -0.848. The van der Waals surface area contributed by atoms with Crippen LogP contribution in [0.2, 0.25) is 0 Å². The van der Waals surface area contributed by atoms with Gasteiger partial charge in [0.1, 0.15) is 6.54 Å². The summed E-state index contributed by atoms with van der Waals surface area (Å²) >= 11 is 0. The van der Waals surface area contributed by atoms with Crippen LogP contribution < -0.4 is 10.2 Å². The molecule has 1 aromatic rings. The standard InChI is InChI=1S/C18H23N3O4/c1-5-21-15(23)17(3,4)19-18(21)12-9-7-8-10-13(12)20(16(18)24)11-14(22)25-6-2/h7-10,19H,5-6,11H2,1-4H3. The van der Waals surface area contributed by atoms with Crippen molar-refractivity contribution in [3.05, 3.63) is 29.8 Å². The van der Waals surface area contributed by atoms with Gasteiger partial charge in [0.05, 0.1) is 17.8 Å². The Bertz CT molecular complexity index is 746. The molecule has 1 fully saturated rings. The molecule has 7 heteroatoms. The third-order valence-corrected chi connectivity index (χ3v) is 4.73. The number of likely N-dealkylation sites (N-methyl/N-ethyl adjacent to an activating group) is 1. The summed E-state index contributed by atoms with van der Waals surface area (Å²) < 4.78 is 5.00. The summed E-state index contributed by atoms with van der Waals surface area (Å²) in [5.74, 6) is -0.951. The summed E-state index contributed by atoms with van der Waals surface area (Å²) in [6, 6.07) is 7.24. The molecule has 0 saturated carbocycles. The van der Waals surface area contributed by atoms with Gasteiger partial charge >= 0.3 is 5.97 Å². The minimum absolute atomic E-state index is 0.142. The molecular formula is C18H23N3O4. The van der Waals surface area contributed by atoms with Gasteiger partial charge in [-0.3, -0.25) is 24.6 Å². The Hall–Kier alpha value is -2.41. The predicted molar refractivity (Wildman–Crippen MR) is 91.7 cm³/mol. The molecule has 134 valence electrons. The van der Waals surface area contributed by atoms with Crippen molar-refractivity contribution in [1.82, 2.24) is 10.2 Å². The van der Waals surface area contributed by atoms with Crippen LogP contribution >= 0.6 is 0 Å². The molecule has 0 bridgehead atoms. The van der Waals surface area contributed by atoms with E-state index in [1.54, 1.807) is 31.7 Å². The molecule has 1 aromatic carbocycles. The lowest BCUT2D eigenvalue weighted by Crippen LogP contribution is -2.58. The van der Waals surface area contributed by atoms with Gasteiger partial charge in [-0.2, -0.15) is 0 Å². The SMILES string of the molecule is CCOC(=O)CN1C(=O)C2(NC(C)(C)C(=O)N2CC)c2ccccc21. The highest BCUT2D eigenvalue weighted by molar-refractivity contribution is 6.13. The molecule has 1 N–H and O–H groups in total. The maximum atomic E-state index is 13.4. The number of carbonyl (C=O) groups excluding carboxylic acids is 3. The average molecular weight is 345 g/mol. The molecule has 1 atom stereocenters. The van der Waals surface area contributed by atoms with Crippen molar-refractivity contribution in [3.8, 4) is 0 Å².